The predicted octanol–water partition coefficient (Wildman–Crippen LogP) is 24.9. The number of aliphatic hydroxyl groups excluding tert-OH is 2. The fraction of sp³-hybridized carbons (Fsp3) is 0.736. The number of rotatable bonds is 79. The number of hydrogen-bond donors (Lipinski definition) is 4. The Hall–Kier alpha value is -4.05. The normalized spacial score (nSPS) is 14.5. The molecule has 0 aliphatic rings. The Kier molecular flexibility index (Phi) is 76.4. The molecule has 606 valence electrons. The Bertz CT molecular complexity index is 2390. The van der Waals surface area contributed by atoms with Crippen LogP contribution in [0, 0.1) is 0 Å². The highest BCUT2D eigenvalue weighted by molar-refractivity contribution is 7.47. The van der Waals surface area contributed by atoms with Crippen LogP contribution in [-0.4, -0.2) is 95.9 Å². The van der Waals surface area contributed by atoms with Gasteiger partial charge in [-0.2, -0.15) is 0 Å². The van der Waals surface area contributed by atoms with Crippen molar-refractivity contribution in [2.75, 3.05) is 39.6 Å². The Morgan fingerprint density at radius 2 is 0.505 bits per heavy atom. The van der Waals surface area contributed by atoms with E-state index < -0.39 is 91.5 Å². The Balaban J connectivity index is 4.43. The maximum atomic E-state index is 13.0. The summed E-state index contributed by atoms with van der Waals surface area (Å²) < 4.78 is 61.2. The van der Waals surface area contributed by atoms with Crippen molar-refractivity contribution < 1.29 is 75.8 Å². The summed E-state index contributed by atoms with van der Waals surface area (Å²) in [7, 11) is -9.79. The zero-order valence-corrected chi connectivity index (χ0v) is 68.2. The lowest BCUT2D eigenvalue weighted by atomic mass is 10.0. The summed E-state index contributed by atoms with van der Waals surface area (Å²) in [5.74, 6) is -1.57. The molecular formula is C87H152O16P2. The molecule has 4 N–H and O–H groups in total. The fourth-order valence-corrected chi connectivity index (χ4v) is 12.9. The number of phosphoric ester groups is 2. The lowest BCUT2D eigenvalue weighted by Gasteiger charge is -2.21. The molecule has 18 heteroatoms. The van der Waals surface area contributed by atoms with Crippen LogP contribution in [-0.2, 0) is 55.8 Å². The number of phosphoric acid groups is 2. The van der Waals surface area contributed by atoms with E-state index >= 15 is 0 Å². The third-order valence-electron chi connectivity index (χ3n) is 17.7. The van der Waals surface area contributed by atoms with E-state index in [9.17, 15) is 43.5 Å². The quantitative estimate of drug-likeness (QED) is 0.0146. The molecule has 0 amide bonds. The Morgan fingerprint density at radius 1 is 0.276 bits per heavy atom. The van der Waals surface area contributed by atoms with Crippen LogP contribution in [0.25, 0.3) is 0 Å². The topological polar surface area (TPSA) is 231 Å². The minimum Gasteiger partial charge on any atom is -0.463 e. The smallest absolute Gasteiger partial charge is 0.463 e. The summed E-state index contributed by atoms with van der Waals surface area (Å²) in [6.07, 6.45) is 95.4. The molecule has 0 aliphatic carbocycles. The second-order valence-corrected chi connectivity index (χ2v) is 30.8. The number of esters is 3. The van der Waals surface area contributed by atoms with Gasteiger partial charge in [0.2, 0.25) is 0 Å². The van der Waals surface area contributed by atoms with Gasteiger partial charge in [0.05, 0.1) is 26.4 Å². The van der Waals surface area contributed by atoms with Crippen LogP contribution in [0.15, 0.2) is 122 Å². The van der Waals surface area contributed by atoms with Gasteiger partial charge in [0.1, 0.15) is 25.4 Å². The van der Waals surface area contributed by atoms with Crippen LogP contribution in [0.4, 0.5) is 0 Å². The van der Waals surface area contributed by atoms with Gasteiger partial charge >= 0.3 is 33.6 Å². The first-order valence-corrected chi connectivity index (χ1v) is 44.8. The van der Waals surface area contributed by atoms with Crippen molar-refractivity contribution >= 4 is 33.6 Å². The molecule has 105 heavy (non-hydrogen) atoms. The molecule has 0 bridgehead atoms. The average molecular weight is 1520 g/mol. The molecule has 5 atom stereocenters. The van der Waals surface area contributed by atoms with Gasteiger partial charge < -0.3 is 34.2 Å². The standard InChI is InChI=1S/C87H152O16P2/c1-4-7-10-13-16-19-22-25-27-29-31-33-35-36-37-38-39-40-41-42-43-44-46-48-49-51-53-56-58-61-64-67-70-73-85(90)97-76-82(88)77-99-104(93,94)100-78-83(89)79-101-105(95,96)102-81-84(103-87(92)75-72-69-66-63-60-55-24-21-18-15-12-9-6-3)80-98-86(91)74-71-68-65-62-59-57-54-52-50-47-45-34-32-30-28-26-23-20-17-14-11-8-5-2/h7,10,16-17,19-20,25-28,31-34,36-37,39-40,47,50,82-84,88-89H,4-6,8-9,11-15,18,21-24,29-30,35,38,41-46,48-49,51-81H2,1-3H3,(H,93,94)(H,95,96)/b10-7-,19-16-,20-17-,27-25-,28-26-,33-31-,34-32-,37-36-,40-39-,50-47-. The molecule has 0 fully saturated rings. The maximum absolute atomic E-state index is 13.0. The minimum absolute atomic E-state index is 0.105. The van der Waals surface area contributed by atoms with E-state index in [1.54, 1.807) is 0 Å². The molecule has 5 unspecified atom stereocenters. The second-order valence-electron chi connectivity index (χ2n) is 27.9. The average Bonchev–Trinajstić information content (AvgIpc) is 1.00. The summed E-state index contributed by atoms with van der Waals surface area (Å²) in [5, 5.41) is 20.7. The minimum atomic E-state index is -4.93. The molecule has 16 nitrogen and oxygen atoms in total. The molecule has 0 aromatic carbocycles. The SMILES string of the molecule is CC/C=C\C/C=C\C/C=C\C/C=C\C/C=C\C/C=C\CCCCCCCCCCCCCCCCC(=O)OCC(O)COP(=O)(O)OCC(O)COP(=O)(O)OCC(COC(=O)CCCCCCCCC/C=C\C/C=C\C/C=C\C/C=C\CCCCC)OC(=O)CCCCCCCCCCCCCCC. The number of unbranched alkanes of at least 4 members (excludes halogenated alkanes) is 36. The van der Waals surface area contributed by atoms with Crippen molar-refractivity contribution in [2.24, 2.45) is 0 Å². The van der Waals surface area contributed by atoms with Gasteiger partial charge in [0.25, 0.3) is 0 Å². The third kappa shape index (κ3) is 80.8. The van der Waals surface area contributed by atoms with Crippen molar-refractivity contribution in [1.29, 1.82) is 0 Å². The summed E-state index contributed by atoms with van der Waals surface area (Å²) in [4.78, 5) is 58.7. The number of allylic oxidation sites excluding steroid dienone is 20. The van der Waals surface area contributed by atoms with Crippen LogP contribution in [0.3, 0.4) is 0 Å². The monoisotopic (exact) mass is 1520 g/mol. The van der Waals surface area contributed by atoms with E-state index in [0.29, 0.717) is 19.3 Å². The zero-order valence-electron chi connectivity index (χ0n) is 66.4. The summed E-state index contributed by atoms with van der Waals surface area (Å²) in [5.41, 5.74) is 0. The second kappa shape index (κ2) is 79.5. The van der Waals surface area contributed by atoms with Crippen molar-refractivity contribution in [3.63, 3.8) is 0 Å². The first-order chi connectivity index (χ1) is 51.2. The van der Waals surface area contributed by atoms with Gasteiger partial charge in [0.15, 0.2) is 6.10 Å². The van der Waals surface area contributed by atoms with Crippen LogP contribution in [0.2, 0.25) is 0 Å². The number of carbonyl (C=O) groups is 3. The highest BCUT2D eigenvalue weighted by Crippen LogP contribution is 2.45. The number of carbonyl (C=O) groups excluding carboxylic acids is 3. The lowest BCUT2D eigenvalue weighted by Crippen LogP contribution is -2.30. The van der Waals surface area contributed by atoms with E-state index in [-0.39, 0.29) is 19.3 Å². The van der Waals surface area contributed by atoms with Gasteiger partial charge in [-0.05, 0) is 116 Å². The van der Waals surface area contributed by atoms with Crippen LogP contribution >= 0.6 is 15.6 Å². The molecule has 0 aliphatic heterocycles. The molecule has 0 saturated heterocycles. The summed E-state index contributed by atoms with van der Waals surface area (Å²) in [6.45, 7) is 2.56. The summed E-state index contributed by atoms with van der Waals surface area (Å²) in [6, 6.07) is 0. The maximum Gasteiger partial charge on any atom is 0.472 e. The van der Waals surface area contributed by atoms with Crippen LogP contribution < -0.4 is 0 Å². The van der Waals surface area contributed by atoms with E-state index in [2.05, 4.69) is 142 Å². The van der Waals surface area contributed by atoms with Gasteiger partial charge in [-0.1, -0.05) is 341 Å². The highest BCUT2D eigenvalue weighted by atomic mass is 31.2. The Morgan fingerprint density at radius 3 is 0.819 bits per heavy atom. The predicted molar refractivity (Wildman–Crippen MR) is 436 cm³/mol. The first kappa shape index (κ1) is 101. The zero-order chi connectivity index (χ0) is 76.6. The number of aliphatic hydroxyl groups is 2. The van der Waals surface area contributed by atoms with Gasteiger partial charge in [-0.3, -0.25) is 32.5 Å². The van der Waals surface area contributed by atoms with Crippen molar-refractivity contribution in [1.82, 2.24) is 0 Å². The van der Waals surface area contributed by atoms with E-state index in [1.165, 1.54) is 141 Å². The van der Waals surface area contributed by atoms with Crippen molar-refractivity contribution in [3.05, 3.63) is 122 Å². The summed E-state index contributed by atoms with van der Waals surface area (Å²) >= 11 is 0. The molecule has 0 aromatic rings. The lowest BCUT2D eigenvalue weighted by molar-refractivity contribution is -0.161. The van der Waals surface area contributed by atoms with Crippen LogP contribution in [0.1, 0.15) is 355 Å². The van der Waals surface area contributed by atoms with Gasteiger partial charge in [-0.25, -0.2) is 9.13 Å². The molecule has 0 aromatic heterocycles. The molecule has 0 spiro atoms. The molecule has 0 heterocycles. The number of hydrogen-bond acceptors (Lipinski definition) is 14. The van der Waals surface area contributed by atoms with Crippen LogP contribution in [0.5, 0.6) is 0 Å². The van der Waals surface area contributed by atoms with Crippen molar-refractivity contribution in [3.8, 4) is 0 Å². The first-order valence-electron chi connectivity index (χ1n) is 41.8. The van der Waals surface area contributed by atoms with Gasteiger partial charge in [-0.15, -0.1) is 0 Å². The third-order valence-corrected chi connectivity index (χ3v) is 19.6. The molecule has 0 rings (SSSR count). The fourth-order valence-electron chi connectivity index (χ4n) is 11.3. The molecule has 0 radical (unpaired) electrons. The van der Waals surface area contributed by atoms with E-state index in [4.69, 9.17) is 32.3 Å². The molecule has 0 saturated carbocycles. The molecular weight excluding hydrogens is 1360 g/mol. The Labute approximate surface area is 640 Å². The van der Waals surface area contributed by atoms with Crippen molar-refractivity contribution in [2.45, 2.75) is 373 Å². The van der Waals surface area contributed by atoms with Gasteiger partial charge in [0, 0.05) is 19.3 Å². The van der Waals surface area contributed by atoms with E-state index in [1.807, 2.05) is 0 Å². The van der Waals surface area contributed by atoms with E-state index in [0.717, 1.165) is 154 Å². The largest absolute Gasteiger partial charge is 0.472 e. The number of ether oxygens (including phenoxy) is 3. The highest BCUT2D eigenvalue weighted by Gasteiger charge is 2.29.